The molecular weight excluding hydrogens is 649 g/mol. The van der Waals surface area contributed by atoms with Crippen LogP contribution in [0.1, 0.15) is 0 Å². The summed E-state index contributed by atoms with van der Waals surface area (Å²) in [6, 6.07) is 67.5. The number of nitrogens with zero attached hydrogens (tertiary/aromatic N) is 2. The number of hydrogen-bond acceptors (Lipinski definition) is 4. The van der Waals surface area contributed by atoms with Crippen molar-refractivity contribution in [1.82, 2.24) is 4.98 Å². The molecule has 2 heterocycles. The Kier molecular flexibility index (Phi) is 7.43. The number of furan rings is 1. The first-order valence-electron chi connectivity index (χ1n) is 17.8. The van der Waals surface area contributed by atoms with Gasteiger partial charge in [0.2, 0.25) is 5.89 Å². The predicted octanol–water partition coefficient (Wildman–Crippen LogP) is 13.9. The minimum absolute atomic E-state index is 0.584. The van der Waals surface area contributed by atoms with E-state index in [4.69, 9.17) is 13.8 Å². The molecule has 10 aromatic rings. The molecule has 0 atom stereocenters. The summed E-state index contributed by atoms with van der Waals surface area (Å²) in [5.41, 5.74) is 14.0. The third kappa shape index (κ3) is 5.54. The van der Waals surface area contributed by atoms with E-state index in [1.54, 1.807) is 0 Å². The summed E-state index contributed by atoms with van der Waals surface area (Å²) in [6.07, 6.45) is 0. The van der Waals surface area contributed by atoms with Crippen LogP contribution < -0.4 is 4.90 Å². The molecule has 0 aliphatic heterocycles. The molecule has 0 bridgehead atoms. The predicted molar refractivity (Wildman–Crippen MR) is 218 cm³/mol. The molecule has 0 N–H and O–H groups in total. The van der Waals surface area contributed by atoms with Crippen molar-refractivity contribution in [3.05, 3.63) is 194 Å². The standard InChI is InChI=1S/C49H32N2O2/c1-4-13-33(14-5-1)34-23-25-35(26-24-34)38-17-12-20-41(31-38)51(39-18-8-3-9-19-39)40-29-27-36(28-30-40)46-47-42-21-10-11-22-43(42)52-44(47)32-45-48(46)50-49(53-45)37-15-6-2-7-16-37/h1-32H. The molecule has 0 radical (unpaired) electrons. The number of anilines is 3. The third-order valence-corrected chi connectivity index (χ3v) is 9.90. The molecule has 250 valence electrons. The second-order valence-electron chi connectivity index (χ2n) is 13.2. The van der Waals surface area contributed by atoms with Crippen LogP contribution >= 0.6 is 0 Å². The number of rotatable bonds is 7. The van der Waals surface area contributed by atoms with E-state index in [1.807, 2.05) is 54.6 Å². The number of para-hydroxylation sites is 2. The summed E-state index contributed by atoms with van der Waals surface area (Å²) in [7, 11) is 0. The minimum Gasteiger partial charge on any atom is -0.456 e. The Bertz CT molecular complexity index is 2860. The van der Waals surface area contributed by atoms with Crippen LogP contribution in [-0.4, -0.2) is 4.98 Å². The van der Waals surface area contributed by atoms with Gasteiger partial charge in [0.05, 0.1) is 0 Å². The first-order valence-corrected chi connectivity index (χ1v) is 17.8. The van der Waals surface area contributed by atoms with Crippen LogP contribution in [0, 0.1) is 0 Å². The average molecular weight is 681 g/mol. The highest BCUT2D eigenvalue weighted by atomic mass is 16.4. The van der Waals surface area contributed by atoms with Gasteiger partial charge in [-0.05, 0) is 82.4 Å². The van der Waals surface area contributed by atoms with Crippen LogP contribution in [0.5, 0.6) is 0 Å². The Balaban J connectivity index is 1.08. The SMILES string of the molecule is c1ccc(-c2ccc(-c3cccc(N(c4ccccc4)c4ccc(-c5c6nc(-c7ccccc7)oc6cc6oc7ccccc7c56)cc4)c3)cc2)cc1. The zero-order valence-corrected chi connectivity index (χ0v) is 28.7. The highest BCUT2D eigenvalue weighted by molar-refractivity contribution is 6.19. The van der Waals surface area contributed by atoms with Crippen molar-refractivity contribution in [3.8, 4) is 44.8 Å². The maximum atomic E-state index is 6.40. The van der Waals surface area contributed by atoms with Crippen LogP contribution in [-0.2, 0) is 0 Å². The van der Waals surface area contributed by atoms with Crippen LogP contribution in [0.2, 0.25) is 0 Å². The monoisotopic (exact) mass is 680 g/mol. The molecule has 53 heavy (non-hydrogen) atoms. The van der Waals surface area contributed by atoms with Gasteiger partial charge in [-0.2, -0.15) is 0 Å². The Morgan fingerprint density at radius 3 is 1.64 bits per heavy atom. The van der Waals surface area contributed by atoms with Crippen LogP contribution in [0.25, 0.3) is 77.9 Å². The van der Waals surface area contributed by atoms with Gasteiger partial charge < -0.3 is 13.7 Å². The van der Waals surface area contributed by atoms with Crippen molar-refractivity contribution in [3.63, 3.8) is 0 Å². The zero-order valence-electron chi connectivity index (χ0n) is 28.7. The average Bonchev–Trinajstić information content (AvgIpc) is 3.83. The second-order valence-corrected chi connectivity index (χ2v) is 13.2. The van der Waals surface area contributed by atoms with Crippen molar-refractivity contribution in [2.75, 3.05) is 4.90 Å². The van der Waals surface area contributed by atoms with Gasteiger partial charge >= 0.3 is 0 Å². The number of hydrogen-bond donors (Lipinski definition) is 0. The molecule has 0 aliphatic carbocycles. The Morgan fingerprint density at radius 1 is 0.358 bits per heavy atom. The van der Waals surface area contributed by atoms with Crippen molar-refractivity contribution < 1.29 is 8.83 Å². The maximum absolute atomic E-state index is 6.40. The Morgan fingerprint density at radius 2 is 0.906 bits per heavy atom. The lowest BCUT2D eigenvalue weighted by molar-refractivity contribution is 0.617. The van der Waals surface area contributed by atoms with E-state index >= 15 is 0 Å². The van der Waals surface area contributed by atoms with Crippen molar-refractivity contribution in [2.45, 2.75) is 0 Å². The smallest absolute Gasteiger partial charge is 0.227 e. The first kappa shape index (κ1) is 30.6. The fraction of sp³-hybridized carbons (Fsp3) is 0. The molecular formula is C49H32N2O2. The fourth-order valence-corrected chi connectivity index (χ4v) is 7.37. The lowest BCUT2D eigenvalue weighted by atomic mass is 9.97. The molecule has 0 saturated carbocycles. The highest BCUT2D eigenvalue weighted by Gasteiger charge is 2.22. The normalized spacial score (nSPS) is 11.4. The lowest BCUT2D eigenvalue weighted by Crippen LogP contribution is -2.09. The van der Waals surface area contributed by atoms with Crippen LogP contribution in [0.3, 0.4) is 0 Å². The van der Waals surface area contributed by atoms with Crippen molar-refractivity contribution in [2.24, 2.45) is 0 Å². The van der Waals surface area contributed by atoms with Crippen LogP contribution in [0.15, 0.2) is 203 Å². The third-order valence-electron chi connectivity index (χ3n) is 9.90. The van der Waals surface area contributed by atoms with Crippen LogP contribution in [0.4, 0.5) is 17.1 Å². The van der Waals surface area contributed by atoms with E-state index in [9.17, 15) is 0 Å². The van der Waals surface area contributed by atoms with Crippen molar-refractivity contribution >= 4 is 50.1 Å². The number of aromatic nitrogens is 1. The fourth-order valence-electron chi connectivity index (χ4n) is 7.37. The van der Waals surface area contributed by atoms with E-state index in [-0.39, 0.29) is 0 Å². The van der Waals surface area contributed by atoms with Gasteiger partial charge in [-0.15, -0.1) is 0 Å². The minimum atomic E-state index is 0.584. The van der Waals surface area contributed by atoms with Gasteiger partial charge in [-0.1, -0.05) is 133 Å². The largest absolute Gasteiger partial charge is 0.456 e. The van der Waals surface area contributed by atoms with Gasteiger partial charge in [0.1, 0.15) is 16.7 Å². The molecule has 0 fully saturated rings. The van der Waals surface area contributed by atoms with E-state index in [0.29, 0.717) is 11.5 Å². The summed E-state index contributed by atoms with van der Waals surface area (Å²) in [5, 5.41) is 2.08. The second kappa shape index (κ2) is 12.9. The zero-order chi connectivity index (χ0) is 35.1. The molecule has 0 amide bonds. The maximum Gasteiger partial charge on any atom is 0.227 e. The van der Waals surface area contributed by atoms with Gasteiger partial charge in [0.15, 0.2) is 5.58 Å². The Labute approximate surface area is 306 Å². The molecule has 0 spiro atoms. The van der Waals surface area contributed by atoms with E-state index in [0.717, 1.165) is 66.8 Å². The first-order chi connectivity index (χ1) is 26.3. The van der Waals surface area contributed by atoms with Gasteiger partial charge in [-0.25, -0.2) is 4.98 Å². The van der Waals surface area contributed by atoms with Crippen molar-refractivity contribution in [1.29, 1.82) is 0 Å². The topological polar surface area (TPSA) is 42.4 Å². The summed E-state index contributed by atoms with van der Waals surface area (Å²) >= 11 is 0. The number of fused-ring (bicyclic) bond motifs is 4. The summed E-state index contributed by atoms with van der Waals surface area (Å²) < 4.78 is 12.8. The molecule has 0 unspecified atom stereocenters. The summed E-state index contributed by atoms with van der Waals surface area (Å²) in [6.45, 7) is 0. The van der Waals surface area contributed by atoms with Gasteiger partial charge in [0.25, 0.3) is 0 Å². The number of benzene rings is 8. The van der Waals surface area contributed by atoms with E-state index in [2.05, 4.69) is 144 Å². The highest BCUT2D eigenvalue weighted by Crippen LogP contribution is 2.44. The van der Waals surface area contributed by atoms with E-state index in [1.165, 1.54) is 16.7 Å². The summed E-state index contributed by atoms with van der Waals surface area (Å²) in [4.78, 5) is 7.40. The molecule has 0 saturated heterocycles. The quantitative estimate of drug-likeness (QED) is 0.168. The number of oxazole rings is 1. The Hall–Kier alpha value is -7.17. The van der Waals surface area contributed by atoms with E-state index < -0.39 is 0 Å². The molecule has 2 aromatic heterocycles. The molecule has 4 heteroatoms. The molecule has 10 rings (SSSR count). The van der Waals surface area contributed by atoms with Gasteiger partial charge in [0, 0.05) is 45.0 Å². The summed E-state index contributed by atoms with van der Waals surface area (Å²) in [5.74, 6) is 0.584. The molecule has 0 aliphatic rings. The lowest BCUT2D eigenvalue weighted by Gasteiger charge is -2.26. The molecule has 4 nitrogen and oxygen atoms in total. The van der Waals surface area contributed by atoms with Gasteiger partial charge in [-0.3, -0.25) is 0 Å². The molecule has 8 aromatic carbocycles.